The molecule has 0 aromatic heterocycles. The molecule has 0 heterocycles. The van der Waals surface area contributed by atoms with E-state index >= 15 is 0 Å². The lowest BCUT2D eigenvalue weighted by molar-refractivity contribution is 0.0489. The highest BCUT2D eigenvalue weighted by Gasteiger charge is 1.88. The monoisotopic (exact) mass is 118 g/mol. The van der Waals surface area contributed by atoms with Crippen LogP contribution in [0.3, 0.4) is 0 Å². The number of nitrogens with zero attached hydrogens (tertiary/aromatic N) is 1. The van der Waals surface area contributed by atoms with Crippen molar-refractivity contribution in [2.75, 3.05) is 27.4 Å². The summed E-state index contributed by atoms with van der Waals surface area (Å²) in [5.41, 5.74) is 3.05. The zero-order valence-electron chi connectivity index (χ0n) is 5.77. The van der Waals surface area contributed by atoms with Gasteiger partial charge in [-0.2, -0.15) is 0 Å². The fourth-order valence-electron chi connectivity index (χ4n) is 0.509. The number of ether oxygens (including phenoxy) is 1. The molecule has 0 radical (unpaired) electrons. The summed E-state index contributed by atoms with van der Waals surface area (Å²) in [6.45, 7) is 3.62. The van der Waals surface area contributed by atoms with Crippen molar-refractivity contribution >= 4 is 0 Å². The number of methoxy groups -OCH3 is 1. The molecule has 0 aromatic rings. The molecule has 8 heavy (non-hydrogen) atoms. The lowest BCUT2D eigenvalue weighted by atomic mass is 10.8. The third kappa shape index (κ3) is 4.05. The van der Waals surface area contributed by atoms with E-state index in [2.05, 4.69) is 5.43 Å². The zero-order chi connectivity index (χ0) is 6.41. The van der Waals surface area contributed by atoms with Gasteiger partial charge in [0.05, 0.1) is 0 Å². The topological polar surface area (TPSA) is 24.5 Å². The molecule has 50 valence electrons. The Labute approximate surface area is 50.6 Å². The summed E-state index contributed by atoms with van der Waals surface area (Å²) in [4.78, 5) is 0. The maximum atomic E-state index is 4.82. The van der Waals surface area contributed by atoms with Crippen LogP contribution in [0.2, 0.25) is 0 Å². The lowest BCUT2D eigenvalue weighted by Crippen LogP contribution is -2.35. The smallest absolute Gasteiger partial charge is 0.111 e. The SMILES string of the molecule is CCNN(C)COC. The average molecular weight is 118 g/mol. The first-order chi connectivity index (χ1) is 3.81. The van der Waals surface area contributed by atoms with Crippen molar-refractivity contribution in [1.82, 2.24) is 10.4 Å². The fraction of sp³-hybridized carbons (Fsp3) is 1.00. The molecular weight excluding hydrogens is 104 g/mol. The second-order valence-corrected chi connectivity index (χ2v) is 1.63. The van der Waals surface area contributed by atoms with Crippen molar-refractivity contribution < 1.29 is 4.74 Å². The Hall–Kier alpha value is -0.120. The van der Waals surface area contributed by atoms with Crippen molar-refractivity contribution in [1.29, 1.82) is 0 Å². The minimum Gasteiger partial charge on any atom is -0.368 e. The standard InChI is InChI=1S/C5H14N2O/c1-4-6-7(2)5-8-3/h6H,4-5H2,1-3H3. The van der Waals surface area contributed by atoms with E-state index in [-0.39, 0.29) is 0 Å². The summed E-state index contributed by atoms with van der Waals surface area (Å²) in [7, 11) is 3.61. The van der Waals surface area contributed by atoms with Crippen molar-refractivity contribution in [3.8, 4) is 0 Å². The van der Waals surface area contributed by atoms with Crippen molar-refractivity contribution in [2.45, 2.75) is 6.92 Å². The van der Waals surface area contributed by atoms with Gasteiger partial charge in [-0.05, 0) is 0 Å². The van der Waals surface area contributed by atoms with Crippen LogP contribution >= 0.6 is 0 Å². The quantitative estimate of drug-likeness (QED) is 0.417. The van der Waals surface area contributed by atoms with Gasteiger partial charge in [0.2, 0.25) is 0 Å². The van der Waals surface area contributed by atoms with Gasteiger partial charge in [0.1, 0.15) is 6.73 Å². The Morgan fingerprint density at radius 2 is 2.25 bits per heavy atom. The van der Waals surface area contributed by atoms with Crippen LogP contribution in [0.4, 0.5) is 0 Å². The fourth-order valence-corrected chi connectivity index (χ4v) is 0.509. The van der Waals surface area contributed by atoms with Crippen LogP contribution < -0.4 is 5.43 Å². The Bertz CT molecular complexity index is 43.7. The van der Waals surface area contributed by atoms with E-state index in [1.165, 1.54) is 0 Å². The molecule has 3 heteroatoms. The molecule has 0 aromatic carbocycles. The average Bonchev–Trinajstić information content (AvgIpc) is 1.68. The molecule has 0 aliphatic heterocycles. The van der Waals surface area contributed by atoms with E-state index in [1.54, 1.807) is 7.11 Å². The summed E-state index contributed by atoms with van der Waals surface area (Å²) < 4.78 is 4.82. The van der Waals surface area contributed by atoms with Crippen LogP contribution in [-0.2, 0) is 4.74 Å². The maximum Gasteiger partial charge on any atom is 0.111 e. The van der Waals surface area contributed by atoms with E-state index in [1.807, 2.05) is 19.0 Å². The van der Waals surface area contributed by atoms with Crippen molar-refractivity contribution in [3.05, 3.63) is 0 Å². The summed E-state index contributed by atoms with van der Waals surface area (Å²) in [5, 5.41) is 1.89. The first kappa shape index (κ1) is 7.88. The molecule has 0 atom stereocenters. The van der Waals surface area contributed by atoms with E-state index < -0.39 is 0 Å². The van der Waals surface area contributed by atoms with Gasteiger partial charge in [0.15, 0.2) is 0 Å². The highest BCUT2D eigenvalue weighted by Crippen LogP contribution is 1.71. The highest BCUT2D eigenvalue weighted by atomic mass is 16.5. The van der Waals surface area contributed by atoms with Gasteiger partial charge in [0.25, 0.3) is 0 Å². The van der Waals surface area contributed by atoms with Crippen LogP contribution in [0.5, 0.6) is 0 Å². The predicted octanol–water partition coefficient (Wildman–Crippen LogP) is 0.0466. The minimum absolute atomic E-state index is 0.633. The maximum absolute atomic E-state index is 4.82. The normalized spacial score (nSPS) is 10.5. The molecule has 0 bridgehead atoms. The largest absolute Gasteiger partial charge is 0.368 e. The van der Waals surface area contributed by atoms with Crippen LogP contribution in [0.25, 0.3) is 0 Å². The van der Waals surface area contributed by atoms with E-state index in [9.17, 15) is 0 Å². The van der Waals surface area contributed by atoms with Gasteiger partial charge in [-0.3, -0.25) is 5.43 Å². The molecule has 0 aliphatic carbocycles. The van der Waals surface area contributed by atoms with Gasteiger partial charge >= 0.3 is 0 Å². The summed E-state index contributed by atoms with van der Waals surface area (Å²) in [5.74, 6) is 0. The molecular formula is C5H14N2O. The second kappa shape index (κ2) is 5.03. The van der Waals surface area contributed by atoms with E-state index in [0.717, 1.165) is 6.54 Å². The molecule has 1 N–H and O–H groups in total. The molecule has 0 aliphatic rings. The van der Waals surface area contributed by atoms with Gasteiger partial charge < -0.3 is 4.74 Å². The molecule has 3 nitrogen and oxygen atoms in total. The molecule has 0 spiro atoms. The third-order valence-corrected chi connectivity index (χ3v) is 0.751. The van der Waals surface area contributed by atoms with Gasteiger partial charge in [0, 0.05) is 20.7 Å². The van der Waals surface area contributed by atoms with E-state index in [4.69, 9.17) is 4.74 Å². The molecule has 0 amide bonds. The van der Waals surface area contributed by atoms with Crippen molar-refractivity contribution in [3.63, 3.8) is 0 Å². The summed E-state index contributed by atoms with van der Waals surface area (Å²) in [6, 6.07) is 0. The number of hydrogen-bond donors (Lipinski definition) is 1. The van der Waals surface area contributed by atoms with Crippen LogP contribution in [-0.4, -0.2) is 32.4 Å². The number of nitrogens with one attached hydrogen (secondary N) is 1. The van der Waals surface area contributed by atoms with Crippen LogP contribution in [0, 0.1) is 0 Å². The Balaban J connectivity index is 2.92. The molecule has 0 saturated carbocycles. The van der Waals surface area contributed by atoms with Crippen molar-refractivity contribution in [2.24, 2.45) is 0 Å². The molecule has 0 fully saturated rings. The summed E-state index contributed by atoms with van der Waals surface area (Å²) in [6.07, 6.45) is 0. The van der Waals surface area contributed by atoms with Gasteiger partial charge in [-0.1, -0.05) is 6.92 Å². The predicted molar refractivity (Wildman–Crippen MR) is 33.3 cm³/mol. The lowest BCUT2D eigenvalue weighted by Gasteiger charge is -2.14. The first-order valence-corrected chi connectivity index (χ1v) is 2.74. The molecule has 0 rings (SSSR count). The van der Waals surface area contributed by atoms with Crippen LogP contribution in [0.1, 0.15) is 6.92 Å². The first-order valence-electron chi connectivity index (χ1n) is 2.74. The van der Waals surface area contributed by atoms with Gasteiger partial charge in [-0.15, -0.1) is 0 Å². The van der Waals surface area contributed by atoms with E-state index in [0.29, 0.717) is 6.73 Å². The molecule has 0 unspecified atom stereocenters. The van der Waals surface area contributed by atoms with Crippen LogP contribution in [0.15, 0.2) is 0 Å². The Kier molecular flexibility index (Phi) is 4.95. The van der Waals surface area contributed by atoms with Gasteiger partial charge in [-0.25, -0.2) is 5.01 Å². The Morgan fingerprint density at radius 3 is 2.62 bits per heavy atom. The molecule has 0 saturated heterocycles. The third-order valence-electron chi connectivity index (χ3n) is 0.751. The number of hydrogen-bond acceptors (Lipinski definition) is 3. The second-order valence-electron chi connectivity index (χ2n) is 1.63. The summed E-state index contributed by atoms with van der Waals surface area (Å²) >= 11 is 0. The highest BCUT2D eigenvalue weighted by molar-refractivity contribution is 4.29. The minimum atomic E-state index is 0.633. The Morgan fingerprint density at radius 1 is 1.62 bits per heavy atom. The zero-order valence-corrected chi connectivity index (χ0v) is 5.77. The number of hydrazine groups is 1. The number of rotatable bonds is 4.